The zero-order valence-electron chi connectivity index (χ0n) is 20.4. The number of fused-ring (bicyclic) bond motifs is 2. The molecule has 0 aromatic heterocycles. The van der Waals surface area contributed by atoms with Crippen LogP contribution in [-0.2, 0) is 0 Å². The highest BCUT2D eigenvalue weighted by Crippen LogP contribution is 2.45. The van der Waals surface area contributed by atoms with Gasteiger partial charge in [-0.05, 0) is 26.0 Å². The third-order valence-electron chi connectivity index (χ3n) is 6.11. The van der Waals surface area contributed by atoms with Crippen LogP contribution in [0.4, 0.5) is 20.2 Å². The van der Waals surface area contributed by atoms with Gasteiger partial charge in [0, 0.05) is 0 Å². The summed E-state index contributed by atoms with van der Waals surface area (Å²) in [4.78, 5) is 27.2. The molecule has 1 aliphatic carbocycles. The van der Waals surface area contributed by atoms with Gasteiger partial charge in [0.05, 0.1) is 71.1 Å². The van der Waals surface area contributed by atoms with E-state index in [1.165, 1.54) is 24.3 Å². The topological polar surface area (TPSA) is 180 Å². The van der Waals surface area contributed by atoms with Crippen molar-refractivity contribution in [3.63, 3.8) is 0 Å². The van der Waals surface area contributed by atoms with Gasteiger partial charge in [-0.3, -0.25) is 9.59 Å². The summed E-state index contributed by atoms with van der Waals surface area (Å²) in [6, 6.07) is -0.825. The molecule has 0 radical (unpaired) electrons. The molecule has 0 fully saturated rings. The average molecular weight is 535 g/mol. The number of rotatable bonds is 10. The summed E-state index contributed by atoms with van der Waals surface area (Å²) < 4.78 is 31.2. The number of phenolic OH excluding ortho intramolecular Hbond substituents is 2. The molecule has 204 valence electrons. The van der Waals surface area contributed by atoms with E-state index in [2.05, 4.69) is 10.6 Å². The molecule has 4 unspecified atom stereocenters. The minimum Gasteiger partial charge on any atom is -0.507 e. The summed E-state index contributed by atoms with van der Waals surface area (Å²) in [5, 5.41) is 65.5. The summed E-state index contributed by atoms with van der Waals surface area (Å²) in [5.41, 5.74) is -4.60. The van der Waals surface area contributed by atoms with Gasteiger partial charge in [0.15, 0.2) is 11.6 Å². The molecule has 2 aromatic carbocycles. The number of ketones is 2. The molecule has 10 nitrogen and oxygen atoms in total. The number of aromatic hydroxyl groups is 2. The zero-order valence-corrected chi connectivity index (χ0v) is 20.4. The molecule has 0 saturated carbocycles. The van der Waals surface area contributed by atoms with Crippen molar-refractivity contribution in [1.29, 1.82) is 0 Å². The zero-order chi connectivity index (χ0) is 28.3. The van der Waals surface area contributed by atoms with Gasteiger partial charge < -0.3 is 41.3 Å². The van der Waals surface area contributed by atoms with Crippen molar-refractivity contribution in [1.82, 2.24) is 0 Å². The molecule has 8 N–H and O–H groups in total. The highest BCUT2D eigenvalue weighted by molar-refractivity contribution is 6.33. The van der Waals surface area contributed by atoms with Crippen LogP contribution >= 0.6 is 0 Å². The Balaban J connectivity index is 2.36. The Kier molecular flexibility index (Phi) is 8.84. The second-order valence-corrected chi connectivity index (χ2v) is 8.54. The Morgan fingerprint density at radius 1 is 0.737 bits per heavy atom. The van der Waals surface area contributed by atoms with Crippen LogP contribution in [0.5, 0.6) is 11.5 Å². The van der Waals surface area contributed by atoms with Crippen molar-refractivity contribution >= 4 is 22.9 Å². The number of benzene rings is 2. The average Bonchev–Trinajstić information content (AvgIpc) is 2.88. The molecule has 38 heavy (non-hydrogen) atoms. The minimum atomic E-state index is -1.68. The molecule has 0 heterocycles. The smallest absolute Gasteiger partial charge is 0.200 e. The molecule has 2 aromatic rings. The predicted octanol–water partition coefficient (Wildman–Crippen LogP) is 1.57. The fourth-order valence-electron chi connectivity index (χ4n) is 4.22. The minimum absolute atomic E-state index is 0.662. The number of hydrogen-bond donors (Lipinski definition) is 8. The molecule has 4 atom stereocenters. The molecule has 0 aliphatic heterocycles. The van der Waals surface area contributed by atoms with E-state index >= 15 is 8.78 Å². The second-order valence-electron chi connectivity index (χ2n) is 8.54. The maximum absolute atomic E-state index is 15.6. The van der Waals surface area contributed by atoms with E-state index in [-0.39, 0.29) is 0 Å². The number of carbonyl (C=O) groups is 2. The SMILES string of the molecule is C/C=C/C(O)C(CO)Nc1c(F)c(F)c(NC(CO)C(O)/C=C/C)c2c1C(=O)c1c(O)ccc(O)c1C2=O. The van der Waals surface area contributed by atoms with Crippen LogP contribution in [0.2, 0.25) is 0 Å². The Bertz CT molecular complexity index is 1210. The molecule has 3 rings (SSSR count). The van der Waals surface area contributed by atoms with E-state index in [9.17, 15) is 40.2 Å². The van der Waals surface area contributed by atoms with Gasteiger partial charge in [-0.25, -0.2) is 8.78 Å². The van der Waals surface area contributed by atoms with Crippen LogP contribution in [0.3, 0.4) is 0 Å². The third-order valence-corrected chi connectivity index (χ3v) is 6.11. The number of carbonyl (C=O) groups excluding carboxylic acids is 2. The molecule has 1 aliphatic rings. The van der Waals surface area contributed by atoms with Gasteiger partial charge in [0.2, 0.25) is 11.6 Å². The van der Waals surface area contributed by atoms with Crippen LogP contribution < -0.4 is 10.6 Å². The maximum atomic E-state index is 15.6. The monoisotopic (exact) mass is 534 g/mol. The lowest BCUT2D eigenvalue weighted by atomic mass is 9.80. The first-order valence-electron chi connectivity index (χ1n) is 11.6. The summed E-state index contributed by atoms with van der Waals surface area (Å²) in [6.07, 6.45) is 2.51. The Morgan fingerprint density at radius 2 is 1.08 bits per heavy atom. The fraction of sp³-hybridized carbons (Fsp3) is 0.308. The standard InChI is InChI=1S/C26H28F2N2O8/c1-3-5-13(33)11(9-31)29-23-19-20(26(38)18-16(36)8-7-15(35)17(18)25(19)37)24(22(28)21(23)27)30-12(10-32)14(34)6-4-2/h3-8,11-14,29-36H,9-10H2,1-2H3/b5-3+,6-4+. The van der Waals surface area contributed by atoms with Gasteiger partial charge in [0.25, 0.3) is 0 Å². The predicted molar refractivity (Wildman–Crippen MR) is 134 cm³/mol. The number of hydrogen-bond acceptors (Lipinski definition) is 10. The molecular weight excluding hydrogens is 506 g/mol. The van der Waals surface area contributed by atoms with E-state index in [0.29, 0.717) is 0 Å². The van der Waals surface area contributed by atoms with Crippen LogP contribution in [0.15, 0.2) is 36.4 Å². The van der Waals surface area contributed by atoms with Crippen LogP contribution in [0.25, 0.3) is 0 Å². The van der Waals surface area contributed by atoms with Crippen molar-refractivity contribution in [2.75, 3.05) is 23.8 Å². The Morgan fingerprint density at radius 3 is 1.37 bits per heavy atom. The number of allylic oxidation sites excluding steroid dienone is 2. The van der Waals surface area contributed by atoms with E-state index in [1.54, 1.807) is 13.8 Å². The summed E-state index contributed by atoms with van der Waals surface area (Å²) in [7, 11) is 0. The summed E-state index contributed by atoms with van der Waals surface area (Å²) in [5.74, 6) is -7.12. The number of aliphatic hydroxyl groups is 4. The van der Waals surface area contributed by atoms with E-state index in [1.807, 2.05) is 0 Å². The van der Waals surface area contributed by atoms with Crippen molar-refractivity contribution < 1.29 is 49.0 Å². The Hall–Kier alpha value is -3.84. The van der Waals surface area contributed by atoms with Gasteiger partial charge in [-0.1, -0.05) is 24.3 Å². The van der Waals surface area contributed by atoms with Crippen LogP contribution in [0.1, 0.15) is 45.7 Å². The molecule has 0 bridgehead atoms. The number of aliphatic hydroxyl groups excluding tert-OH is 4. The fourth-order valence-corrected chi connectivity index (χ4v) is 4.22. The lowest BCUT2D eigenvalue weighted by molar-refractivity contribution is 0.0974. The Labute approximate surface area is 216 Å². The third kappa shape index (κ3) is 4.98. The van der Waals surface area contributed by atoms with Crippen molar-refractivity contribution in [2.24, 2.45) is 0 Å². The van der Waals surface area contributed by atoms with Crippen LogP contribution in [-0.4, -0.2) is 79.7 Å². The lowest BCUT2D eigenvalue weighted by Crippen LogP contribution is -2.39. The largest absolute Gasteiger partial charge is 0.507 e. The van der Waals surface area contributed by atoms with E-state index in [4.69, 9.17) is 0 Å². The van der Waals surface area contributed by atoms with Gasteiger partial charge >= 0.3 is 0 Å². The van der Waals surface area contributed by atoms with E-state index in [0.717, 1.165) is 12.1 Å². The van der Waals surface area contributed by atoms with Gasteiger partial charge in [0.1, 0.15) is 11.5 Å². The quantitative estimate of drug-likeness (QED) is 0.141. The van der Waals surface area contributed by atoms with Crippen molar-refractivity contribution in [3.8, 4) is 11.5 Å². The van der Waals surface area contributed by atoms with Gasteiger partial charge in [-0.15, -0.1) is 0 Å². The van der Waals surface area contributed by atoms with Crippen molar-refractivity contribution in [3.05, 3.63) is 70.3 Å². The maximum Gasteiger partial charge on any atom is 0.200 e. The molecular formula is C26H28F2N2O8. The first-order valence-corrected chi connectivity index (χ1v) is 11.6. The highest BCUT2D eigenvalue weighted by Gasteiger charge is 2.42. The number of halogens is 2. The highest BCUT2D eigenvalue weighted by atomic mass is 19.2. The number of phenols is 2. The van der Waals surface area contributed by atoms with Gasteiger partial charge in [-0.2, -0.15) is 0 Å². The summed E-state index contributed by atoms with van der Waals surface area (Å²) in [6.45, 7) is 1.53. The molecule has 12 heteroatoms. The van der Waals surface area contributed by atoms with Crippen molar-refractivity contribution in [2.45, 2.75) is 38.1 Å². The second kappa shape index (κ2) is 11.7. The molecule has 0 amide bonds. The van der Waals surface area contributed by atoms with E-state index < -0.39 is 106 Å². The number of nitrogens with one attached hydrogen (secondary N) is 2. The molecule has 0 saturated heterocycles. The van der Waals surface area contributed by atoms with Crippen LogP contribution in [0, 0.1) is 11.6 Å². The number of anilines is 2. The normalized spacial score (nSPS) is 16.3. The lowest BCUT2D eigenvalue weighted by Gasteiger charge is -2.30. The first kappa shape index (κ1) is 28.7. The summed E-state index contributed by atoms with van der Waals surface area (Å²) >= 11 is 0. The molecule has 0 spiro atoms. The first-order chi connectivity index (χ1) is 18.0.